The van der Waals surface area contributed by atoms with E-state index in [1.54, 1.807) is 0 Å². The number of hydrogen-bond acceptors (Lipinski definition) is 3. The fraction of sp³-hybridized carbons (Fsp3) is 1.00. The maximum Gasteiger partial charge on any atom is 0.0542 e. The Morgan fingerprint density at radius 3 is 2.45 bits per heavy atom. The highest BCUT2D eigenvalue weighted by Gasteiger charge is 1.95. The quantitative estimate of drug-likeness (QED) is 0.365. The molecule has 68 valence electrons. The van der Waals surface area contributed by atoms with Crippen molar-refractivity contribution in [3.63, 3.8) is 0 Å². The van der Waals surface area contributed by atoms with Crippen LogP contribution in [0, 0.1) is 0 Å². The molecule has 1 unspecified atom stereocenters. The van der Waals surface area contributed by atoms with Crippen LogP contribution in [-0.2, 0) is 0 Å². The highest BCUT2D eigenvalue weighted by Crippen LogP contribution is 1.76. The molecule has 0 aliphatic heterocycles. The molecule has 0 aromatic rings. The van der Waals surface area contributed by atoms with Crippen LogP contribution in [0.3, 0.4) is 0 Å². The van der Waals surface area contributed by atoms with Gasteiger partial charge in [0.05, 0.1) is 6.17 Å². The topological polar surface area (TPSA) is 36.1 Å². The lowest BCUT2D eigenvalue weighted by molar-refractivity contribution is 0.458. The lowest BCUT2D eigenvalue weighted by Gasteiger charge is -2.13. The zero-order valence-corrected chi connectivity index (χ0v) is 7.91. The smallest absolute Gasteiger partial charge is 0.0542 e. The summed E-state index contributed by atoms with van der Waals surface area (Å²) in [6.07, 6.45) is 1.63. The van der Waals surface area contributed by atoms with Crippen LogP contribution in [-0.4, -0.2) is 32.8 Å². The standard InChI is InChI=1S/C8H21N3/c1-4-10-8(2)11-7-5-6-9-3/h8-11H,4-7H2,1-3H3. The Bertz CT molecular complexity index is 75.7. The summed E-state index contributed by atoms with van der Waals surface area (Å²) in [6.45, 7) is 7.45. The first-order chi connectivity index (χ1) is 5.31. The van der Waals surface area contributed by atoms with Crippen molar-refractivity contribution < 1.29 is 0 Å². The predicted molar refractivity (Wildman–Crippen MR) is 49.7 cm³/mol. The van der Waals surface area contributed by atoms with Crippen LogP contribution in [0.4, 0.5) is 0 Å². The summed E-state index contributed by atoms with van der Waals surface area (Å²) in [4.78, 5) is 0. The molecule has 0 saturated heterocycles. The number of nitrogens with one attached hydrogen (secondary N) is 3. The molecule has 1 atom stereocenters. The van der Waals surface area contributed by atoms with Crippen LogP contribution in [0.25, 0.3) is 0 Å². The van der Waals surface area contributed by atoms with E-state index in [-0.39, 0.29) is 0 Å². The summed E-state index contributed by atoms with van der Waals surface area (Å²) in [6, 6.07) is 0. The average molecular weight is 159 g/mol. The van der Waals surface area contributed by atoms with E-state index < -0.39 is 0 Å². The highest BCUT2D eigenvalue weighted by molar-refractivity contribution is 4.56. The summed E-state index contributed by atoms with van der Waals surface area (Å²) < 4.78 is 0. The van der Waals surface area contributed by atoms with E-state index in [2.05, 4.69) is 29.8 Å². The first-order valence-electron chi connectivity index (χ1n) is 4.42. The van der Waals surface area contributed by atoms with Crippen LogP contribution < -0.4 is 16.0 Å². The fourth-order valence-electron chi connectivity index (χ4n) is 0.962. The van der Waals surface area contributed by atoms with Crippen molar-refractivity contribution >= 4 is 0 Å². The van der Waals surface area contributed by atoms with Crippen molar-refractivity contribution in [2.24, 2.45) is 0 Å². The molecule has 11 heavy (non-hydrogen) atoms. The van der Waals surface area contributed by atoms with Gasteiger partial charge in [-0.3, -0.25) is 0 Å². The normalized spacial score (nSPS) is 13.4. The maximum atomic E-state index is 3.37. The molecule has 0 aromatic carbocycles. The van der Waals surface area contributed by atoms with Crippen LogP contribution in [0.15, 0.2) is 0 Å². The van der Waals surface area contributed by atoms with E-state index in [0.29, 0.717) is 6.17 Å². The molecule has 0 aliphatic carbocycles. The second-order valence-corrected chi connectivity index (χ2v) is 2.69. The summed E-state index contributed by atoms with van der Waals surface area (Å²) in [5.74, 6) is 0. The van der Waals surface area contributed by atoms with Crippen LogP contribution >= 0.6 is 0 Å². The molecular weight excluding hydrogens is 138 g/mol. The monoisotopic (exact) mass is 159 g/mol. The van der Waals surface area contributed by atoms with Gasteiger partial charge in [0.25, 0.3) is 0 Å². The first kappa shape index (κ1) is 10.9. The molecule has 0 saturated carbocycles. The third kappa shape index (κ3) is 7.78. The molecule has 3 N–H and O–H groups in total. The van der Waals surface area contributed by atoms with Crippen LogP contribution in [0.5, 0.6) is 0 Å². The SMILES string of the molecule is CCNC(C)NCCCNC. The number of hydrogen-bond donors (Lipinski definition) is 3. The van der Waals surface area contributed by atoms with Gasteiger partial charge in [0.15, 0.2) is 0 Å². The van der Waals surface area contributed by atoms with E-state index in [4.69, 9.17) is 0 Å². The predicted octanol–water partition coefficient (Wildman–Crippen LogP) is 0.141. The highest BCUT2D eigenvalue weighted by atomic mass is 15.1. The molecule has 0 radical (unpaired) electrons. The lowest BCUT2D eigenvalue weighted by Crippen LogP contribution is -2.40. The molecule has 0 aromatic heterocycles. The number of rotatable bonds is 7. The Morgan fingerprint density at radius 1 is 1.18 bits per heavy atom. The van der Waals surface area contributed by atoms with Gasteiger partial charge >= 0.3 is 0 Å². The molecule has 0 amide bonds. The zero-order valence-electron chi connectivity index (χ0n) is 7.91. The van der Waals surface area contributed by atoms with Gasteiger partial charge in [-0.05, 0) is 40.0 Å². The fourth-order valence-corrected chi connectivity index (χ4v) is 0.962. The largest absolute Gasteiger partial charge is 0.320 e. The van der Waals surface area contributed by atoms with Crippen molar-refractivity contribution in [3.8, 4) is 0 Å². The molecule has 0 rings (SSSR count). The van der Waals surface area contributed by atoms with Crippen molar-refractivity contribution in [3.05, 3.63) is 0 Å². The molecule has 0 heterocycles. The van der Waals surface area contributed by atoms with E-state index >= 15 is 0 Å². The van der Waals surface area contributed by atoms with Gasteiger partial charge in [-0.1, -0.05) is 6.92 Å². The first-order valence-corrected chi connectivity index (χ1v) is 4.42. The maximum absolute atomic E-state index is 3.37. The lowest BCUT2D eigenvalue weighted by atomic mass is 10.4. The third-order valence-electron chi connectivity index (χ3n) is 1.56. The van der Waals surface area contributed by atoms with E-state index in [1.165, 1.54) is 6.42 Å². The molecule has 0 fully saturated rings. The van der Waals surface area contributed by atoms with E-state index in [1.807, 2.05) is 7.05 Å². The molecule has 0 spiro atoms. The Hall–Kier alpha value is -0.120. The molecular formula is C8H21N3. The third-order valence-corrected chi connectivity index (χ3v) is 1.56. The van der Waals surface area contributed by atoms with Gasteiger partial charge in [0.2, 0.25) is 0 Å². The second kappa shape index (κ2) is 7.98. The zero-order chi connectivity index (χ0) is 8.53. The Kier molecular flexibility index (Phi) is 7.89. The van der Waals surface area contributed by atoms with Gasteiger partial charge in [-0.15, -0.1) is 0 Å². The van der Waals surface area contributed by atoms with E-state index in [0.717, 1.165) is 19.6 Å². The minimum atomic E-state index is 0.442. The van der Waals surface area contributed by atoms with Gasteiger partial charge in [-0.25, -0.2) is 0 Å². The Balaban J connectivity index is 2.97. The van der Waals surface area contributed by atoms with Crippen molar-refractivity contribution in [2.75, 3.05) is 26.7 Å². The summed E-state index contributed by atoms with van der Waals surface area (Å²) in [5, 5.41) is 9.77. The van der Waals surface area contributed by atoms with Crippen LogP contribution in [0.2, 0.25) is 0 Å². The summed E-state index contributed by atoms with van der Waals surface area (Å²) in [5.41, 5.74) is 0. The molecule has 3 nitrogen and oxygen atoms in total. The minimum Gasteiger partial charge on any atom is -0.320 e. The van der Waals surface area contributed by atoms with Crippen molar-refractivity contribution in [1.29, 1.82) is 0 Å². The summed E-state index contributed by atoms with van der Waals surface area (Å²) >= 11 is 0. The molecule has 0 bridgehead atoms. The van der Waals surface area contributed by atoms with Crippen molar-refractivity contribution in [2.45, 2.75) is 26.4 Å². The minimum absolute atomic E-state index is 0.442. The van der Waals surface area contributed by atoms with Gasteiger partial charge in [0, 0.05) is 0 Å². The Labute approximate surface area is 69.9 Å². The van der Waals surface area contributed by atoms with Crippen LogP contribution in [0.1, 0.15) is 20.3 Å². The van der Waals surface area contributed by atoms with Gasteiger partial charge in [0.1, 0.15) is 0 Å². The molecule has 3 heteroatoms. The molecule has 0 aliphatic rings. The second-order valence-electron chi connectivity index (χ2n) is 2.69. The summed E-state index contributed by atoms with van der Waals surface area (Å²) in [7, 11) is 1.98. The van der Waals surface area contributed by atoms with Gasteiger partial charge in [-0.2, -0.15) is 0 Å². The van der Waals surface area contributed by atoms with Crippen molar-refractivity contribution in [1.82, 2.24) is 16.0 Å². The average Bonchev–Trinajstić information content (AvgIpc) is 1.99. The van der Waals surface area contributed by atoms with E-state index in [9.17, 15) is 0 Å². The Morgan fingerprint density at radius 2 is 1.91 bits per heavy atom. The van der Waals surface area contributed by atoms with Gasteiger partial charge < -0.3 is 16.0 Å².